The van der Waals surface area contributed by atoms with Gasteiger partial charge < -0.3 is 0 Å². The number of nitrogens with zero attached hydrogens (tertiary/aromatic N) is 4. The molecule has 1 atom stereocenters. The van der Waals surface area contributed by atoms with Crippen molar-refractivity contribution in [3.63, 3.8) is 0 Å². The smallest absolute Gasteiger partial charge is 0.261 e. The zero-order chi connectivity index (χ0) is 22.5. The highest BCUT2D eigenvalue weighted by Gasteiger charge is 2.27. The van der Waals surface area contributed by atoms with Crippen LogP contribution >= 0.6 is 15.9 Å². The zero-order valence-corrected chi connectivity index (χ0v) is 20.7. The molecule has 1 aliphatic rings. The highest BCUT2D eigenvalue weighted by Crippen LogP contribution is 2.27. The number of aromatic nitrogens is 2. The van der Waals surface area contributed by atoms with Crippen molar-refractivity contribution in [3.8, 4) is 0 Å². The van der Waals surface area contributed by atoms with Gasteiger partial charge in [-0.1, -0.05) is 59.6 Å². The molecule has 0 bridgehead atoms. The van der Waals surface area contributed by atoms with Crippen molar-refractivity contribution >= 4 is 26.8 Å². The maximum Gasteiger partial charge on any atom is 0.261 e. The molecule has 32 heavy (non-hydrogen) atoms. The molecule has 0 N–H and O–H groups in total. The Bertz CT molecular complexity index is 1100. The van der Waals surface area contributed by atoms with Gasteiger partial charge in [-0.3, -0.25) is 19.2 Å². The van der Waals surface area contributed by atoms with Gasteiger partial charge in [0, 0.05) is 37.2 Å². The Morgan fingerprint density at radius 1 is 1.03 bits per heavy atom. The molecular formula is C26H33BrN4O. The average molecular weight is 497 g/mol. The summed E-state index contributed by atoms with van der Waals surface area (Å²) in [6, 6.07) is 16.7. The molecule has 2 heterocycles. The second kappa shape index (κ2) is 10.7. The summed E-state index contributed by atoms with van der Waals surface area (Å²) in [5.41, 5.74) is 2.23. The van der Waals surface area contributed by atoms with Crippen molar-refractivity contribution in [3.05, 3.63) is 74.7 Å². The molecule has 4 rings (SSSR count). The Kier molecular flexibility index (Phi) is 7.76. The van der Waals surface area contributed by atoms with Crippen LogP contribution in [-0.2, 0) is 13.1 Å². The van der Waals surface area contributed by atoms with Gasteiger partial charge in [0.15, 0.2) is 0 Å². The third-order valence-corrected chi connectivity index (χ3v) is 6.93. The van der Waals surface area contributed by atoms with Gasteiger partial charge in [0.05, 0.1) is 16.9 Å². The van der Waals surface area contributed by atoms with Gasteiger partial charge in [-0.15, -0.1) is 0 Å². The fraction of sp³-hybridized carbons (Fsp3) is 0.462. The molecule has 1 saturated heterocycles. The van der Waals surface area contributed by atoms with Crippen LogP contribution in [0, 0.1) is 0 Å². The maximum absolute atomic E-state index is 13.3. The summed E-state index contributed by atoms with van der Waals surface area (Å²) in [6.45, 7) is 10.1. The fourth-order valence-corrected chi connectivity index (χ4v) is 5.18. The van der Waals surface area contributed by atoms with Gasteiger partial charge >= 0.3 is 0 Å². The maximum atomic E-state index is 13.3. The van der Waals surface area contributed by atoms with Gasteiger partial charge in [-0.25, -0.2) is 4.98 Å². The minimum atomic E-state index is 0.0652. The molecule has 1 aliphatic heterocycles. The Labute approximate surface area is 199 Å². The van der Waals surface area contributed by atoms with Gasteiger partial charge in [0.1, 0.15) is 5.82 Å². The lowest BCUT2D eigenvalue weighted by Crippen LogP contribution is -2.37. The highest BCUT2D eigenvalue weighted by atomic mass is 79.9. The molecule has 2 aromatic carbocycles. The lowest BCUT2D eigenvalue weighted by atomic mass is 10.1. The molecule has 0 saturated carbocycles. The molecule has 0 radical (unpaired) electrons. The van der Waals surface area contributed by atoms with Crippen LogP contribution in [0.15, 0.2) is 57.8 Å². The van der Waals surface area contributed by atoms with Crippen LogP contribution in [0.5, 0.6) is 0 Å². The number of halogens is 1. The Morgan fingerprint density at radius 2 is 1.84 bits per heavy atom. The zero-order valence-electron chi connectivity index (χ0n) is 19.1. The summed E-state index contributed by atoms with van der Waals surface area (Å²) < 4.78 is 2.80. The SMILES string of the molecule is CCCC(c1nc2ccc(Br)cc2c(=O)n1CC)N1CCCN(Cc2ccccc2)CC1. The Morgan fingerprint density at radius 3 is 2.59 bits per heavy atom. The lowest BCUT2D eigenvalue weighted by Gasteiger charge is -2.31. The van der Waals surface area contributed by atoms with Crippen molar-refractivity contribution in [2.45, 2.75) is 52.2 Å². The van der Waals surface area contributed by atoms with E-state index in [2.05, 4.69) is 63.0 Å². The van der Waals surface area contributed by atoms with E-state index in [1.165, 1.54) is 5.56 Å². The van der Waals surface area contributed by atoms with Crippen LogP contribution < -0.4 is 5.56 Å². The van der Waals surface area contributed by atoms with Crippen LogP contribution in [0.1, 0.15) is 50.5 Å². The topological polar surface area (TPSA) is 41.4 Å². The van der Waals surface area contributed by atoms with Crippen molar-refractivity contribution < 1.29 is 0 Å². The van der Waals surface area contributed by atoms with Crippen molar-refractivity contribution in [1.82, 2.24) is 19.4 Å². The molecule has 0 amide bonds. The number of hydrogen-bond acceptors (Lipinski definition) is 4. The van der Waals surface area contributed by atoms with E-state index in [4.69, 9.17) is 4.98 Å². The van der Waals surface area contributed by atoms with Crippen LogP contribution in [-0.4, -0.2) is 45.5 Å². The van der Waals surface area contributed by atoms with Gasteiger partial charge in [0.2, 0.25) is 0 Å². The second-order valence-corrected chi connectivity index (χ2v) is 9.55. The minimum absolute atomic E-state index is 0.0652. The van der Waals surface area contributed by atoms with E-state index >= 15 is 0 Å². The van der Waals surface area contributed by atoms with Crippen LogP contribution in [0.4, 0.5) is 0 Å². The van der Waals surface area contributed by atoms with Crippen molar-refractivity contribution in [2.75, 3.05) is 26.2 Å². The molecule has 3 aromatic rings. The van der Waals surface area contributed by atoms with E-state index in [0.29, 0.717) is 11.9 Å². The van der Waals surface area contributed by atoms with E-state index in [1.54, 1.807) is 0 Å². The number of hydrogen-bond donors (Lipinski definition) is 0. The molecule has 1 fully saturated rings. The summed E-state index contributed by atoms with van der Waals surface area (Å²) in [5.74, 6) is 0.922. The van der Waals surface area contributed by atoms with E-state index in [9.17, 15) is 4.79 Å². The first-order valence-corrected chi connectivity index (χ1v) is 12.6. The van der Waals surface area contributed by atoms with E-state index in [0.717, 1.165) is 67.8 Å². The highest BCUT2D eigenvalue weighted by molar-refractivity contribution is 9.10. The van der Waals surface area contributed by atoms with E-state index in [-0.39, 0.29) is 11.6 Å². The van der Waals surface area contributed by atoms with Gasteiger partial charge in [0.25, 0.3) is 5.56 Å². The van der Waals surface area contributed by atoms with Crippen molar-refractivity contribution in [1.29, 1.82) is 0 Å². The Balaban J connectivity index is 1.61. The fourth-order valence-electron chi connectivity index (χ4n) is 4.82. The molecule has 1 unspecified atom stereocenters. The molecule has 5 nitrogen and oxygen atoms in total. The quantitative estimate of drug-likeness (QED) is 0.449. The first-order valence-electron chi connectivity index (χ1n) is 11.8. The van der Waals surface area contributed by atoms with E-state index < -0.39 is 0 Å². The monoisotopic (exact) mass is 496 g/mol. The molecule has 1 aromatic heterocycles. The normalized spacial score (nSPS) is 16.8. The molecule has 170 valence electrons. The van der Waals surface area contributed by atoms with Crippen LogP contribution in [0.3, 0.4) is 0 Å². The standard InChI is InChI=1S/C26H33BrN4O/c1-3-9-24(25-28-23-13-12-21(27)18-22(23)26(32)31(25)4-2)30-15-8-14-29(16-17-30)19-20-10-6-5-7-11-20/h5-7,10-13,18,24H,3-4,8-9,14-17,19H2,1-2H3. The summed E-state index contributed by atoms with van der Waals surface area (Å²) in [7, 11) is 0. The van der Waals surface area contributed by atoms with E-state index in [1.807, 2.05) is 29.7 Å². The first-order chi connectivity index (χ1) is 15.6. The third kappa shape index (κ3) is 5.13. The van der Waals surface area contributed by atoms with Gasteiger partial charge in [-0.2, -0.15) is 0 Å². The summed E-state index contributed by atoms with van der Waals surface area (Å²) in [6.07, 6.45) is 3.20. The lowest BCUT2D eigenvalue weighted by molar-refractivity contribution is 0.175. The molecule has 0 aliphatic carbocycles. The second-order valence-electron chi connectivity index (χ2n) is 8.64. The van der Waals surface area contributed by atoms with Crippen LogP contribution in [0.2, 0.25) is 0 Å². The Hall–Kier alpha value is -2.02. The van der Waals surface area contributed by atoms with Gasteiger partial charge in [-0.05, 0) is 50.1 Å². The number of benzene rings is 2. The van der Waals surface area contributed by atoms with Crippen molar-refractivity contribution in [2.24, 2.45) is 0 Å². The third-order valence-electron chi connectivity index (χ3n) is 6.43. The number of rotatable bonds is 7. The minimum Gasteiger partial charge on any atom is -0.298 e. The summed E-state index contributed by atoms with van der Waals surface area (Å²) >= 11 is 3.50. The molecular weight excluding hydrogens is 464 g/mol. The summed E-state index contributed by atoms with van der Waals surface area (Å²) in [5, 5.41) is 0.685. The summed E-state index contributed by atoms with van der Waals surface area (Å²) in [4.78, 5) is 23.5. The largest absolute Gasteiger partial charge is 0.298 e. The average Bonchev–Trinajstić information content (AvgIpc) is 3.04. The predicted octanol–water partition coefficient (Wildman–Crippen LogP) is 5.23. The molecule has 6 heteroatoms. The molecule has 0 spiro atoms. The predicted molar refractivity (Wildman–Crippen MR) is 135 cm³/mol. The van der Waals surface area contributed by atoms with Crippen LogP contribution in [0.25, 0.3) is 10.9 Å². The first kappa shape index (κ1) is 23.1. The number of fused-ring (bicyclic) bond motifs is 1.